The number of nitrogens with zero attached hydrogens (tertiary/aromatic N) is 4. The van der Waals surface area contributed by atoms with E-state index >= 15 is 0 Å². The summed E-state index contributed by atoms with van der Waals surface area (Å²) in [6, 6.07) is 16.4. The second-order valence-electron chi connectivity index (χ2n) is 7.77. The Labute approximate surface area is 181 Å². The third kappa shape index (κ3) is 3.74. The van der Waals surface area contributed by atoms with E-state index in [4.69, 9.17) is 5.26 Å². The zero-order chi connectivity index (χ0) is 19.8. The number of piperazine rings is 1. The maximum Gasteiger partial charge on any atom is 0.330 e. The highest BCUT2D eigenvalue weighted by Crippen LogP contribution is 2.30. The number of aromatic nitrogens is 2. The largest absolute Gasteiger partial charge is 0.369 e. The fraction of sp³-hybridized carbons (Fsp3) is 0.304. The number of nitriles is 1. The monoisotopic (exact) mass is 421 g/mol. The van der Waals surface area contributed by atoms with Crippen LogP contribution in [0.3, 0.4) is 0 Å². The van der Waals surface area contributed by atoms with Crippen molar-refractivity contribution in [2.75, 3.05) is 31.1 Å². The van der Waals surface area contributed by atoms with Crippen LogP contribution in [0.2, 0.25) is 0 Å². The zero-order valence-electron chi connectivity index (χ0n) is 16.6. The van der Waals surface area contributed by atoms with Crippen LogP contribution in [0.5, 0.6) is 0 Å². The molecule has 1 fully saturated rings. The van der Waals surface area contributed by atoms with Crippen molar-refractivity contribution >= 4 is 29.2 Å². The summed E-state index contributed by atoms with van der Waals surface area (Å²) in [6.45, 7) is 4.00. The number of nitrogens with one attached hydrogen (secondary N) is 1. The highest BCUT2D eigenvalue weighted by Gasteiger charge is 2.27. The van der Waals surface area contributed by atoms with Gasteiger partial charge in [-0.15, -0.1) is 12.4 Å². The lowest BCUT2D eigenvalue weighted by molar-refractivity contribution is 0.214. The molecule has 2 aromatic heterocycles. The Morgan fingerprint density at radius 3 is 2.57 bits per heavy atom. The molecule has 0 amide bonds. The molecule has 0 bridgehead atoms. The van der Waals surface area contributed by atoms with E-state index < -0.39 is 0 Å². The van der Waals surface area contributed by atoms with E-state index in [2.05, 4.69) is 33.0 Å². The van der Waals surface area contributed by atoms with E-state index in [1.807, 2.05) is 36.4 Å². The smallest absolute Gasteiger partial charge is 0.330 e. The molecule has 0 saturated carbocycles. The highest BCUT2D eigenvalue weighted by molar-refractivity contribution is 5.85. The van der Waals surface area contributed by atoms with Crippen LogP contribution in [0, 0.1) is 11.3 Å². The van der Waals surface area contributed by atoms with Crippen LogP contribution in [-0.2, 0) is 0 Å². The number of benzene rings is 1. The Kier molecular flexibility index (Phi) is 5.67. The maximum absolute atomic E-state index is 12.3. The third-order valence-electron chi connectivity index (χ3n) is 6.13. The molecule has 2 aliphatic rings. The van der Waals surface area contributed by atoms with Crippen molar-refractivity contribution < 1.29 is 0 Å². The predicted molar refractivity (Wildman–Crippen MR) is 121 cm³/mol. The van der Waals surface area contributed by atoms with Crippen LogP contribution in [0.15, 0.2) is 59.5 Å². The van der Waals surface area contributed by atoms with Gasteiger partial charge in [-0.25, -0.2) is 4.79 Å². The van der Waals surface area contributed by atoms with Crippen LogP contribution < -0.4 is 10.6 Å². The SMILES string of the molecule is Cl.N#Cc1ccc(N2CCN([C@H]3C=C(c4cc5cccn5c(=O)[nH]4)CC3)CC2)cc1. The Hall–Kier alpha value is -3.01. The molecule has 30 heavy (non-hydrogen) atoms. The Balaban J connectivity index is 0.00000218. The lowest BCUT2D eigenvalue weighted by Crippen LogP contribution is -2.49. The van der Waals surface area contributed by atoms with Gasteiger partial charge in [-0.1, -0.05) is 6.08 Å². The molecule has 3 aromatic rings. The minimum absolute atomic E-state index is 0. The molecule has 1 saturated heterocycles. The van der Waals surface area contributed by atoms with Gasteiger partial charge < -0.3 is 9.88 Å². The molecule has 3 heterocycles. The first kappa shape index (κ1) is 20.3. The Morgan fingerprint density at radius 2 is 1.83 bits per heavy atom. The molecule has 1 aliphatic heterocycles. The van der Waals surface area contributed by atoms with Crippen molar-refractivity contribution in [1.29, 1.82) is 5.26 Å². The molecule has 0 spiro atoms. The van der Waals surface area contributed by atoms with Gasteiger partial charge in [-0.05, 0) is 60.9 Å². The first-order valence-corrected chi connectivity index (χ1v) is 10.1. The van der Waals surface area contributed by atoms with Gasteiger partial charge in [0.05, 0.1) is 17.1 Å². The number of rotatable bonds is 3. The summed E-state index contributed by atoms with van der Waals surface area (Å²) < 4.78 is 1.64. The highest BCUT2D eigenvalue weighted by atomic mass is 35.5. The summed E-state index contributed by atoms with van der Waals surface area (Å²) >= 11 is 0. The fourth-order valence-corrected chi connectivity index (χ4v) is 4.50. The third-order valence-corrected chi connectivity index (χ3v) is 6.13. The summed E-state index contributed by atoms with van der Waals surface area (Å²) in [7, 11) is 0. The van der Waals surface area contributed by atoms with Gasteiger partial charge in [0.2, 0.25) is 0 Å². The number of halogens is 1. The summed E-state index contributed by atoms with van der Waals surface area (Å²) in [6.07, 6.45) is 6.22. The number of anilines is 1. The van der Waals surface area contributed by atoms with Gasteiger partial charge in [0.15, 0.2) is 0 Å². The van der Waals surface area contributed by atoms with E-state index in [1.54, 1.807) is 10.6 Å². The summed E-state index contributed by atoms with van der Waals surface area (Å²) in [4.78, 5) is 20.2. The maximum atomic E-state index is 12.3. The van der Waals surface area contributed by atoms with Gasteiger partial charge in [0.1, 0.15) is 0 Å². The normalized spacial score (nSPS) is 19.4. The Bertz CT molecular complexity index is 1160. The van der Waals surface area contributed by atoms with Crippen LogP contribution in [-0.4, -0.2) is 46.5 Å². The van der Waals surface area contributed by atoms with Crippen LogP contribution in [0.1, 0.15) is 24.1 Å². The van der Waals surface area contributed by atoms with E-state index in [-0.39, 0.29) is 18.1 Å². The van der Waals surface area contributed by atoms with Crippen molar-refractivity contribution in [1.82, 2.24) is 14.3 Å². The standard InChI is InChI=1S/C23H23N5O.ClH/c24-16-17-3-6-19(7-4-17)26-10-12-27(13-11-26)20-8-5-18(14-20)22-15-21-2-1-9-28(21)23(29)25-22;/h1-4,6-7,9,14-15,20H,5,8,10-13H2,(H,25,29);1H/t20-;/m1./s1. The number of fused-ring (bicyclic) bond motifs is 1. The van der Waals surface area contributed by atoms with E-state index in [9.17, 15) is 4.79 Å². The van der Waals surface area contributed by atoms with Crippen LogP contribution in [0.4, 0.5) is 5.69 Å². The van der Waals surface area contributed by atoms with E-state index in [1.165, 1.54) is 11.3 Å². The lowest BCUT2D eigenvalue weighted by atomic mass is 10.1. The first-order valence-electron chi connectivity index (χ1n) is 10.1. The second kappa shape index (κ2) is 8.39. The molecule has 154 valence electrons. The topological polar surface area (TPSA) is 67.5 Å². The molecule has 0 unspecified atom stereocenters. The number of hydrogen-bond acceptors (Lipinski definition) is 4. The number of aromatic amines is 1. The molecule has 1 aromatic carbocycles. The average Bonchev–Trinajstić information content (AvgIpc) is 3.44. The quantitative estimate of drug-likeness (QED) is 0.704. The average molecular weight is 422 g/mol. The zero-order valence-corrected chi connectivity index (χ0v) is 17.4. The van der Waals surface area contributed by atoms with Crippen LogP contribution in [0.25, 0.3) is 11.1 Å². The molecule has 1 atom stereocenters. The molecule has 7 heteroatoms. The van der Waals surface area contributed by atoms with Crippen molar-refractivity contribution in [3.05, 3.63) is 76.5 Å². The molecule has 1 N–H and O–H groups in total. The summed E-state index contributed by atoms with van der Waals surface area (Å²) in [5.41, 5.74) is 4.93. The fourth-order valence-electron chi connectivity index (χ4n) is 4.50. The van der Waals surface area contributed by atoms with Gasteiger partial charge in [-0.2, -0.15) is 5.26 Å². The molecule has 0 radical (unpaired) electrons. The minimum atomic E-state index is -0.0807. The molecule has 1 aliphatic carbocycles. The molecule has 5 rings (SSSR count). The van der Waals surface area contributed by atoms with Gasteiger partial charge >= 0.3 is 5.69 Å². The summed E-state index contributed by atoms with van der Waals surface area (Å²) in [5, 5.41) is 8.96. The number of hydrogen-bond donors (Lipinski definition) is 1. The lowest BCUT2D eigenvalue weighted by Gasteiger charge is -2.38. The number of H-pyrrole nitrogens is 1. The number of allylic oxidation sites excluding steroid dienone is 1. The van der Waals surface area contributed by atoms with E-state index in [0.717, 1.165) is 50.2 Å². The second-order valence-corrected chi connectivity index (χ2v) is 7.77. The van der Waals surface area contributed by atoms with Gasteiger partial charge in [0, 0.05) is 49.8 Å². The van der Waals surface area contributed by atoms with Gasteiger partial charge in [0.25, 0.3) is 0 Å². The Morgan fingerprint density at radius 1 is 1.07 bits per heavy atom. The molecular weight excluding hydrogens is 398 g/mol. The minimum Gasteiger partial charge on any atom is -0.369 e. The molecule has 6 nitrogen and oxygen atoms in total. The van der Waals surface area contributed by atoms with Crippen molar-refractivity contribution in [3.63, 3.8) is 0 Å². The summed E-state index contributed by atoms with van der Waals surface area (Å²) in [5.74, 6) is 0. The van der Waals surface area contributed by atoms with Crippen molar-refractivity contribution in [2.45, 2.75) is 18.9 Å². The first-order chi connectivity index (χ1) is 14.2. The van der Waals surface area contributed by atoms with E-state index in [0.29, 0.717) is 11.6 Å². The van der Waals surface area contributed by atoms with Gasteiger partial charge in [-0.3, -0.25) is 9.30 Å². The molecular formula is C23H24ClN5O. The predicted octanol–water partition coefficient (Wildman–Crippen LogP) is 3.29. The van der Waals surface area contributed by atoms with Crippen molar-refractivity contribution in [3.8, 4) is 6.07 Å². The van der Waals surface area contributed by atoms with Crippen LogP contribution >= 0.6 is 12.4 Å². The van der Waals surface area contributed by atoms with Crippen molar-refractivity contribution in [2.24, 2.45) is 0 Å².